The number of rotatable bonds is 7. The number of carbonyl (C=O) groups is 2. The fraction of sp³-hybridized carbons (Fsp3) is 0.333. The zero-order valence-electron chi connectivity index (χ0n) is 11.2. The van der Waals surface area contributed by atoms with Gasteiger partial charge in [0.25, 0.3) is 0 Å². The fourth-order valence-corrected chi connectivity index (χ4v) is 2.37. The maximum Gasteiger partial charge on any atom is 0.303 e. The number of carboxylic acids is 1. The molecule has 0 unspecified atom stereocenters. The first-order chi connectivity index (χ1) is 9.58. The van der Waals surface area contributed by atoms with Gasteiger partial charge in [0.15, 0.2) is 0 Å². The van der Waals surface area contributed by atoms with E-state index in [1.807, 2.05) is 35.0 Å². The normalized spacial score (nSPS) is 10.8. The Kier molecular flexibility index (Phi) is 4.40. The van der Waals surface area contributed by atoms with Gasteiger partial charge in [-0.2, -0.15) is 0 Å². The van der Waals surface area contributed by atoms with Crippen LogP contribution in [-0.2, 0) is 22.6 Å². The number of fused-ring (bicyclic) bond motifs is 1. The average Bonchev–Trinajstić information content (AvgIpc) is 2.75. The minimum atomic E-state index is -0.775. The zero-order valence-corrected chi connectivity index (χ0v) is 11.2. The second-order valence-corrected chi connectivity index (χ2v) is 4.83. The minimum absolute atomic E-state index is 0.167. The van der Waals surface area contributed by atoms with Gasteiger partial charge in [-0.05, 0) is 24.5 Å². The van der Waals surface area contributed by atoms with Crippen molar-refractivity contribution in [2.24, 2.45) is 5.73 Å². The molecule has 0 aliphatic heterocycles. The molecule has 0 spiro atoms. The first kappa shape index (κ1) is 14.1. The quantitative estimate of drug-likeness (QED) is 0.808. The molecule has 2 rings (SSSR count). The largest absolute Gasteiger partial charge is 0.481 e. The van der Waals surface area contributed by atoms with Crippen LogP contribution in [0.4, 0.5) is 0 Å². The van der Waals surface area contributed by atoms with Crippen LogP contribution in [0.15, 0.2) is 30.5 Å². The number of carboxylic acid groups (broad SMARTS) is 1. The molecule has 0 atom stereocenters. The van der Waals surface area contributed by atoms with E-state index in [4.69, 9.17) is 10.8 Å². The Balaban J connectivity index is 2.21. The topological polar surface area (TPSA) is 85.3 Å². The average molecular weight is 274 g/mol. The number of hydrogen-bond donors (Lipinski definition) is 2. The van der Waals surface area contributed by atoms with Crippen LogP contribution in [0.2, 0.25) is 0 Å². The highest BCUT2D eigenvalue weighted by atomic mass is 16.4. The Morgan fingerprint density at radius 3 is 2.65 bits per heavy atom. The molecule has 1 heterocycles. The Hall–Kier alpha value is -2.30. The summed E-state index contributed by atoms with van der Waals surface area (Å²) < 4.78 is 2.01. The smallest absolute Gasteiger partial charge is 0.303 e. The van der Waals surface area contributed by atoms with E-state index in [1.54, 1.807) is 0 Å². The van der Waals surface area contributed by atoms with E-state index in [0.29, 0.717) is 19.4 Å². The monoisotopic (exact) mass is 274 g/mol. The van der Waals surface area contributed by atoms with Gasteiger partial charge in [-0.25, -0.2) is 0 Å². The van der Waals surface area contributed by atoms with Crippen molar-refractivity contribution >= 4 is 22.8 Å². The van der Waals surface area contributed by atoms with Crippen molar-refractivity contribution < 1.29 is 14.7 Å². The van der Waals surface area contributed by atoms with Crippen LogP contribution in [0.1, 0.15) is 24.8 Å². The molecule has 0 saturated carbocycles. The number of primary amides is 1. The number of aliphatic carboxylic acids is 1. The van der Waals surface area contributed by atoms with Gasteiger partial charge >= 0.3 is 5.97 Å². The van der Waals surface area contributed by atoms with E-state index < -0.39 is 5.97 Å². The molecule has 3 N–H and O–H groups in total. The molecule has 1 aromatic heterocycles. The lowest BCUT2D eigenvalue weighted by molar-refractivity contribution is -0.137. The molecule has 1 amide bonds. The summed E-state index contributed by atoms with van der Waals surface area (Å²) in [6.45, 7) is 0.550. The number of carbonyl (C=O) groups excluding carboxylic acids is 1. The van der Waals surface area contributed by atoms with E-state index in [9.17, 15) is 9.59 Å². The third-order valence-electron chi connectivity index (χ3n) is 3.31. The summed E-state index contributed by atoms with van der Waals surface area (Å²) in [5.41, 5.74) is 7.36. The Morgan fingerprint density at radius 2 is 1.95 bits per heavy atom. The first-order valence-electron chi connectivity index (χ1n) is 6.65. The standard InChI is InChI=1S/C15H18N2O3/c16-14(18)8-9-17-10-11(4-3-7-15(19)20)12-5-1-2-6-13(12)17/h1-2,5-6,10H,3-4,7-9H2,(H2,16,18)(H,19,20). The van der Waals surface area contributed by atoms with Crippen LogP contribution in [0, 0.1) is 0 Å². The summed E-state index contributed by atoms with van der Waals surface area (Å²) in [6, 6.07) is 7.93. The number of amides is 1. The number of benzene rings is 1. The SMILES string of the molecule is NC(=O)CCn1cc(CCCC(=O)O)c2ccccc21. The first-order valence-corrected chi connectivity index (χ1v) is 6.65. The van der Waals surface area contributed by atoms with Crippen molar-refractivity contribution in [3.05, 3.63) is 36.0 Å². The summed E-state index contributed by atoms with van der Waals surface area (Å²) in [6.07, 6.45) is 3.79. The molecule has 1 aromatic carbocycles. The molecule has 0 radical (unpaired) electrons. The molecule has 5 heteroatoms. The highest BCUT2D eigenvalue weighted by Gasteiger charge is 2.09. The molecular formula is C15H18N2O3. The third kappa shape index (κ3) is 3.38. The van der Waals surface area contributed by atoms with Crippen LogP contribution in [0.3, 0.4) is 0 Å². The van der Waals surface area contributed by atoms with Gasteiger partial charge < -0.3 is 15.4 Å². The zero-order chi connectivity index (χ0) is 14.5. The lowest BCUT2D eigenvalue weighted by Crippen LogP contribution is -2.13. The van der Waals surface area contributed by atoms with Gasteiger partial charge in [-0.3, -0.25) is 9.59 Å². The predicted octanol–water partition coefficient (Wildman–Crippen LogP) is 1.92. The summed E-state index contributed by atoms with van der Waals surface area (Å²) in [5, 5.41) is 9.81. The predicted molar refractivity (Wildman–Crippen MR) is 76.3 cm³/mol. The number of aryl methyl sites for hydroxylation is 2. The van der Waals surface area contributed by atoms with Crippen LogP contribution in [-0.4, -0.2) is 21.6 Å². The summed E-state index contributed by atoms with van der Waals surface area (Å²) >= 11 is 0. The maximum absolute atomic E-state index is 10.9. The summed E-state index contributed by atoms with van der Waals surface area (Å²) in [7, 11) is 0. The molecule has 0 aliphatic rings. The van der Waals surface area contributed by atoms with E-state index in [2.05, 4.69) is 0 Å². The fourth-order valence-electron chi connectivity index (χ4n) is 2.37. The third-order valence-corrected chi connectivity index (χ3v) is 3.31. The number of aromatic nitrogens is 1. The van der Waals surface area contributed by atoms with E-state index >= 15 is 0 Å². The van der Waals surface area contributed by atoms with Crippen molar-refractivity contribution in [2.75, 3.05) is 0 Å². The van der Waals surface area contributed by atoms with Gasteiger partial charge in [0.1, 0.15) is 0 Å². The van der Waals surface area contributed by atoms with Crippen LogP contribution < -0.4 is 5.73 Å². The second kappa shape index (κ2) is 6.23. The number of hydrogen-bond acceptors (Lipinski definition) is 2. The Labute approximate surface area is 117 Å². The van der Waals surface area contributed by atoms with Gasteiger partial charge in [0.05, 0.1) is 0 Å². The molecule has 0 aliphatic carbocycles. The van der Waals surface area contributed by atoms with Gasteiger partial charge in [-0.1, -0.05) is 18.2 Å². The van der Waals surface area contributed by atoms with Crippen molar-refractivity contribution in [3.8, 4) is 0 Å². The number of para-hydroxylation sites is 1. The molecular weight excluding hydrogens is 256 g/mol. The highest BCUT2D eigenvalue weighted by Crippen LogP contribution is 2.23. The van der Waals surface area contributed by atoms with Crippen LogP contribution in [0.25, 0.3) is 10.9 Å². The Morgan fingerprint density at radius 1 is 1.20 bits per heavy atom. The van der Waals surface area contributed by atoms with Crippen molar-refractivity contribution in [1.82, 2.24) is 4.57 Å². The molecule has 0 fully saturated rings. The molecule has 0 saturated heterocycles. The van der Waals surface area contributed by atoms with Crippen molar-refractivity contribution in [2.45, 2.75) is 32.2 Å². The minimum Gasteiger partial charge on any atom is -0.481 e. The van der Waals surface area contributed by atoms with E-state index in [1.165, 1.54) is 0 Å². The second-order valence-electron chi connectivity index (χ2n) is 4.83. The number of nitrogens with zero attached hydrogens (tertiary/aromatic N) is 1. The molecule has 0 bridgehead atoms. The van der Waals surface area contributed by atoms with Crippen LogP contribution in [0.5, 0.6) is 0 Å². The lowest BCUT2D eigenvalue weighted by atomic mass is 10.1. The molecule has 2 aromatic rings. The van der Waals surface area contributed by atoms with Gasteiger partial charge in [-0.15, -0.1) is 0 Å². The van der Waals surface area contributed by atoms with E-state index in [-0.39, 0.29) is 12.3 Å². The number of nitrogens with two attached hydrogens (primary N) is 1. The van der Waals surface area contributed by atoms with E-state index in [0.717, 1.165) is 22.9 Å². The molecule has 106 valence electrons. The Bertz CT molecular complexity index is 631. The van der Waals surface area contributed by atoms with Gasteiger partial charge in [0.2, 0.25) is 5.91 Å². The van der Waals surface area contributed by atoms with Gasteiger partial charge in [0, 0.05) is 36.5 Å². The molecule has 20 heavy (non-hydrogen) atoms. The molecule has 5 nitrogen and oxygen atoms in total. The maximum atomic E-state index is 10.9. The summed E-state index contributed by atoms with van der Waals surface area (Å²) in [5.74, 6) is -1.10. The van der Waals surface area contributed by atoms with Crippen molar-refractivity contribution in [1.29, 1.82) is 0 Å². The highest BCUT2D eigenvalue weighted by molar-refractivity contribution is 5.84. The summed E-state index contributed by atoms with van der Waals surface area (Å²) in [4.78, 5) is 21.5. The lowest BCUT2D eigenvalue weighted by Gasteiger charge is -2.02. The van der Waals surface area contributed by atoms with Crippen LogP contribution >= 0.6 is 0 Å². The van der Waals surface area contributed by atoms with Crippen molar-refractivity contribution in [3.63, 3.8) is 0 Å².